The number of rotatable bonds is 4. The Hall–Kier alpha value is -1.30. The van der Waals surface area contributed by atoms with E-state index in [1.807, 2.05) is 30.3 Å². The molecule has 19 heavy (non-hydrogen) atoms. The molecule has 1 aliphatic rings. The van der Waals surface area contributed by atoms with E-state index < -0.39 is 0 Å². The molecule has 0 saturated carbocycles. The van der Waals surface area contributed by atoms with Gasteiger partial charge in [0.1, 0.15) is 0 Å². The third kappa shape index (κ3) is 5.46. The lowest BCUT2D eigenvalue weighted by molar-refractivity contribution is 0.212. The van der Waals surface area contributed by atoms with Gasteiger partial charge in [-0.3, -0.25) is 0 Å². The van der Waals surface area contributed by atoms with Gasteiger partial charge < -0.3 is 10.2 Å². The van der Waals surface area contributed by atoms with E-state index in [0.29, 0.717) is 0 Å². The maximum absolute atomic E-state index is 3.43. The zero-order chi connectivity index (χ0) is 13.3. The van der Waals surface area contributed by atoms with Gasteiger partial charge in [-0.1, -0.05) is 30.0 Å². The van der Waals surface area contributed by atoms with Crippen molar-refractivity contribution in [3.8, 4) is 11.8 Å². The van der Waals surface area contributed by atoms with Crippen molar-refractivity contribution in [2.24, 2.45) is 5.92 Å². The summed E-state index contributed by atoms with van der Waals surface area (Å²) in [5, 5.41) is 3.43. The standard InChI is InChI=1S/C17H24N2/c1-19-14-10-17(11-15-19)9-13-18-12-5-8-16-6-3-2-4-7-16/h2-4,6-7,17-18H,9-15H2,1H3. The highest BCUT2D eigenvalue weighted by Crippen LogP contribution is 2.18. The van der Waals surface area contributed by atoms with E-state index in [-0.39, 0.29) is 0 Å². The quantitative estimate of drug-likeness (QED) is 0.657. The third-order valence-corrected chi connectivity index (χ3v) is 3.79. The lowest BCUT2D eigenvalue weighted by Crippen LogP contribution is -2.31. The van der Waals surface area contributed by atoms with E-state index in [0.717, 1.165) is 24.6 Å². The van der Waals surface area contributed by atoms with Crippen LogP contribution in [0, 0.1) is 17.8 Å². The molecule has 1 saturated heterocycles. The van der Waals surface area contributed by atoms with Crippen LogP contribution in [0.5, 0.6) is 0 Å². The lowest BCUT2D eigenvalue weighted by Gasteiger charge is -2.28. The van der Waals surface area contributed by atoms with Crippen molar-refractivity contribution in [2.45, 2.75) is 19.3 Å². The number of hydrogen-bond donors (Lipinski definition) is 1. The third-order valence-electron chi connectivity index (χ3n) is 3.79. The minimum atomic E-state index is 0.793. The molecular formula is C17H24N2. The number of benzene rings is 1. The van der Waals surface area contributed by atoms with Crippen LogP contribution in [0.2, 0.25) is 0 Å². The van der Waals surface area contributed by atoms with Gasteiger partial charge in [0.15, 0.2) is 0 Å². The molecule has 2 nitrogen and oxygen atoms in total. The normalized spacial score (nSPS) is 16.9. The molecule has 0 unspecified atom stereocenters. The molecule has 1 fully saturated rings. The second-order valence-corrected chi connectivity index (χ2v) is 5.38. The Labute approximate surface area is 117 Å². The molecule has 1 aliphatic heterocycles. The molecule has 2 rings (SSSR count). The average Bonchev–Trinajstić information content (AvgIpc) is 2.46. The molecule has 1 heterocycles. The summed E-state index contributed by atoms with van der Waals surface area (Å²) in [6.07, 6.45) is 4.00. The molecule has 0 radical (unpaired) electrons. The van der Waals surface area contributed by atoms with Crippen LogP contribution >= 0.6 is 0 Å². The van der Waals surface area contributed by atoms with E-state index >= 15 is 0 Å². The predicted octanol–water partition coefficient (Wildman–Crippen LogP) is 2.36. The summed E-state index contributed by atoms with van der Waals surface area (Å²) in [4.78, 5) is 2.43. The summed E-state index contributed by atoms with van der Waals surface area (Å²) in [7, 11) is 2.22. The second kappa shape index (κ2) is 7.99. The van der Waals surface area contributed by atoms with Gasteiger partial charge in [-0.2, -0.15) is 0 Å². The summed E-state index contributed by atoms with van der Waals surface area (Å²) < 4.78 is 0. The van der Waals surface area contributed by atoms with E-state index in [4.69, 9.17) is 0 Å². The number of hydrogen-bond acceptors (Lipinski definition) is 2. The fourth-order valence-corrected chi connectivity index (χ4v) is 2.48. The van der Waals surface area contributed by atoms with Crippen molar-refractivity contribution < 1.29 is 0 Å². The van der Waals surface area contributed by atoms with Crippen molar-refractivity contribution in [3.63, 3.8) is 0 Å². The molecule has 0 aliphatic carbocycles. The van der Waals surface area contributed by atoms with E-state index in [1.54, 1.807) is 0 Å². The SMILES string of the molecule is CN1CCC(CCNCC#Cc2ccccc2)CC1. The topological polar surface area (TPSA) is 15.3 Å². The van der Waals surface area contributed by atoms with Gasteiger partial charge in [0, 0.05) is 5.56 Å². The Bertz CT molecular complexity index is 408. The number of likely N-dealkylation sites (tertiary alicyclic amines) is 1. The highest BCUT2D eigenvalue weighted by Gasteiger charge is 2.15. The highest BCUT2D eigenvalue weighted by atomic mass is 15.1. The summed E-state index contributed by atoms with van der Waals surface area (Å²) in [6.45, 7) is 4.41. The number of nitrogens with zero attached hydrogens (tertiary/aromatic N) is 1. The van der Waals surface area contributed by atoms with Crippen molar-refractivity contribution in [1.82, 2.24) is 10.2 Å². The van der Waals surface area contributed by atoms with Gasteiger partial charge in [0.05, 0.1) is 6.54 Å². The molecule has 0 aromatic heterocycles. The van der Waals surface area contributed by atoms with Crippen LogP contribution in [-0.2, 0) is 0 Å². The van der Waals surface area contributed by atoms with Crippen molar-refractivity contribution >= 4 is 0 Å². The van der Waals surface area contributed by atoms with Gasteiger partial charge >= 0.3 is 0 Å². The number of nitrogens with one attached hydrogen (secondary N) is 1. The van der Waals surface area contributed by atoms with E-state index in [2.05, 4.69) is 29.1 Å². The van der Waals surface area contributed by atoms with E-state index in [1.165, 1.54) is 32.4 Å². The minimum Gasteiger partial charge on any atom is -0.306 e. The summed E-state index contributed by atoms with van der Waals surface area (Å²) in [6, 6.07) is 10.2. The molecular weight excluding hydrogens is 232 g/mol. The van der Waals surface area contributed by atoms with Crippen molar-refractivity contribution in [2.75, 3.05) is 33.2 Å². The van der Waals surface area contributed by atoms with Crippen molar-refractivity contribution in [1.29, 1.82) is 0 Å². The molecule has 0 atom stereocenters. The largest absolute Gasteiger partial charge is 0.306 e. The fraction of sp³-hybridized carbons (Fsp3) is 0.529. The monoisotopic (exact) mass is 256 g/mol. The zero-order valence-corrected chi connectivity index (χ0v) is 11.9. The summed E-state index contributed by atoms with van der Waals surface area (Å²) in [5.41, 5.74) is 1.10. The molecule has 102 valence electrons. The van der Waals surface area contributed by atoms with Crippen LogP contribution < -0.4 is 5.32 Å². The molecule has 0 amide bonds. The molecule has 1 N–H and O–H groups in total. The highest BCUT2D eigenvalue weighted by molar-refractivity contribution is 5.33. The Morgan fingerprint density at radius 2 is 1.95 bits per heavy atom. The van der Waals surface area contributed by atoms with Gasteiger partial charge in [-0.15, -0.1) is 0 Å². The van der Waals surface area contributed by atoms with Crippen LogP contribution in [0.4, 0.5) is 0 Å². The Morgan fingerprint density at radius 1 is 1.21 bits per heavy atom. The van der Waals surface area contributed by atoms with Crippen LogP contribution in [0.1, 0.15) is 24.8 Å². The zero-order valence-electron chi connectivity index (χ0n) is 11.9. The predicted molar refractivity (Wildman–Crippen MR) is 81.0 cm³/mol. The second-order valence-electron chi connectivity index (χ2n) is 5.38. The first kappa shape index (κ1) is 14.1. The molecule has 1 aromatic carbocycles. The first-order chi connectivity index (χ1) is 9.34. The minimum absolute atomic E-state index is 0.793. The molecule has 0 bridgehead atoms. The maximum atomic E-state index is 3.43. The molecule has 2 heteroatoms. The van der Waals surface area contributed by atoms with Gasteiger partial charge in [-0.05, 0) is 64.0 Å². The smallest absolute Gasteiger partial charge is 0.0580 e. The first-order valence-electron chi connectivity index (χ1n) is 7.28. The van der Waals surface area contributed by atoms with E-state index in [9.17, 15) is 0 Å². The average molecular weight is 256 g/mol. The summed E-state index contributed by atoms with van der Waals surface area (Å²) >= 11 is 0. The van der Waals surface area contributed by atoms with Crippen LogP contribution in [0.3, 0.4) is 0 Å². The van der Waals surface area contributed by atoms with Crippen LogP contribution in [0.25, 0.3) is 0 Å². The van der Waals surface area contributed by atoms with Crippen LogP contribution in [-0.4, -0.2) is 38.1 Å². The van der Waals surface area contributed by atoms with Gasteiger partial charge in [0.2, 0.25) is 0 Å². The summed E-state index contributed by atoms with van der Waals surface area (Å²) in [5.74, 6) is 7.25. The number of piperidine rings is 1. The van der Waals surface area contributed by atoms with Gasteiger partial charge in [-0.25, -0.2) is 0 Å². The van der Waals surface area contributed by atoms with Gasteiger partial charge in [0.25, 0.3) is 0 Å². The molecule has 0 spiro atoms. The lowest BCUT2D eigenvalue weighted by atomic mass is 9.94. The fourth-order valence-electron chi connectivity index (χ4n) is 2.48. The van der Waals surface area contributed by atoms with Crippen LogP contribution in [0.15, 0.2) is 30.3 Å². The maximum Gasteiger partial charge on any atom is 0.0580 e. The first-order valence-corrected chi connectivity index (χ1v) is 7.28. The Morgan fingerprint density at radius 3 is 2.68 bits per heavy atom. The Kier molecular flexibility index (Phi) is 5.94. The Balaban J connectivity index is 1.56. The van der Waals surface area contributed by atoms with Crippen molar-refractivity contribution in [3.05, 3.63) is 35.9 Å². The molecule has 1 aromatic rings.